The number of hydrogen-bond donors (Lipinski definition) is 3. The van der Waals surface area contributed by atoms with E-state index in [1.165, 1.54) is 6.42 Å². The van der Waals surface area contributed by atoms with E-state index in [1.807, 2.05) is 0 Å². The number of aliphatic hydroxyl groups is 1. The maximum absolute atomic E-state index is 11.9. The van der Waals surface area contributed by atoms with Gasteiger partial charge in [-0.1, -0.05) is 19.3 Å². The largest absolute Gasteiger partial charge is 0.396 e. The molecular weight excluding hydrogens is 204 g/mol. The molecule has 1 fully saturated rings. The smallest absolute Gasteiger partial charge is 0.240 e. The van der Waals surface area contributed by atoms with Gasteiger partial charge in [-0.2, -0.15) is 0 Å². The van der Waals surface area contributed by atoms with Crippen LogP contribution in [0.15, 0.2) is 0 Å². The van der Waals surface area contributed by atoms with Crippen molar-refractivity contribution < 1.29 is 9.90 Å². The van der Waals surface area contributed by atoms with Gasteiger partial charge in [-0.05, 0) is 32.1 Å². The number of amides is 1. The summed E-state index contributed by atoms with van der Waals surface area (Å²) in [6, 6.07) is 0. The molecule has 1 aliphatic rings. The van der Waals surface area contributed by atoms with Gasteiger partial charge in [-0.25, -0.2) is 0 Å². The van der Waals surface area contributed by atoms with Gasteiger partial charge in [0.25, 0.3) is 0 Å². The summed E-state index contributed by atoms with van der Waals surface area (Å²) in [7, 11) is 0. The van der Waals surface area contributed by atoms with Gasteiger partial charge in [0.2, 0.25) is 5.91 Å². The lowest BCUT2D eigenvalue weighted by Crippen LogP contribution is -2.55. The fraction of sp³-hybridized carbons (Fsp3) is 0.917. The molecule has 94 valence electrons. The number of nitrogens with two attached hydrogens (primary N) is 1. The summed E-state index contributed by atoms with van der Waals surface area (Å²) < 4.78 is 0. The first-order valence-corrected chi connectivity index (χ1v) is 6.37. The minimum absolute atomic E-state index is 0.0104. The van der Waals surface area contributed by atoms with Crippen LogP contribution >= 0.6 is 0 Å². The van der Waals surface area contributed by atoms with Crippen molar-refractivity contribution in [3.63, 3.8) is 0 Å². The molecule has 1 aliphatic carbocycles. The Morgan fingerprint density at radius 1 is 1.19 bits per heavy atom. The second-order valence-electron chi connectivity index (χ2n) is 4.76. The van der Waals surface area contributed by atoms with Crippen LogP contribution in [-0.2, 0) is 4.79 Å². The second kappa shape index (κ2) is 6.86. The Kier molecular flexibility index (Phi) is 5.77. The molecule has 0 atom stereocenters. The van der Waals surface area contributed by atoms with E-state index in [4.69, 9.17) is 10.8 Å². The molecule has 4 nitrogen and oxygen atoms in total. The number of hydrogen-bond acceptors (Lipinski definition) is 3. The van der Waals surface area contributed by atoms with Crippen LogP contribution in [-0.4, -0.2) is 29.7 Å². The molecule has 1 amide bonds. The molecule has 0 unspecified atom stereocenters. The fourth-order valence-corrected chi connectivity index (χ4v) is 2.20. The van der Waals surface area contributed by atoms with Crippen molar-refractivity contribution in [3.05, 3.63) is 0 Å². The zero-order valence-electron chi connectivity index (χ0n) is 10.0. The summed E-state index contributed by atoms with van der Waals surface area (Å²) in [5.41, 5.74) is 5.48. The molecule has 0 aromatic carbocycles. The van der Waals surface area contributed by atoms with Crippen molar-refractivity contribution in [2.24, 2.45) is 5.73 Å². The molecule has 1 saturated carbocycles. The van der Waals surface area contributed by atoms with Crippen LogP contribution in [0.3, 0.4) is 0 Å². The lowest BCUT2D eigenvalue weighted by molar-refractivity contribution is -0.127. The Bertz CT molecular complexity index is 213. The average molecular weight is 228 g/mol. The van der Waals surface area contributed by atoms with Crippen LogP contribution in [0.1, 0.15) is 51.4 Å². The van der Waals surface area contributed by atoms with Crippen LogP contribution in [0, 0.1) is 0 Å². The first kappa shape index (κ1) is 13.5. The number of aliphatic hydroxyl groups excluding tert-OH is 1. The zero-order valence-corrected chi connectivity index (χ0v) is 10.0. The predicted molar refractivity (Wildman–Crippen MR) is 63.9 cm³/mol. The summed E-state index contributed by atoms with van der Waals surface area (Å²) in [6.45, 7) is 0.909. The van der Waals surface area contributed by atoms with E-state index in [9.17, 15) is 4.79 Å². The summed E-state index contributed by atoms with van der Waals surface area (Å²) in [6.07, 6.45) is 7.64. The highest BCUT2D eigenvalue weighted by Gasteiger charge is 2.34. The number of carbonyl (C=O) groups is 1. The van der Waals surface area contributed by atoms with Gasteiger partial charge in [0.1, 0.15) is 0 Å². The Morgan fingerprint density at radius 3 is 2.50 bits per heavy atom. The molecule has 1 rings (SSSR count). The van der Waals surface area contributed by atoms with Crippen LogP contribution in [0.5, 0.6) is 0 Å². The third kappa shape index (κ3) is 4.10. The van der Waals surface area contributed by atoms with E-state index in [-0.39, 0.29) is 12.5 Å². The maximum Gasteiger partial charge on any atom is 0.240 e. The van der Waals surface area contributed by atoms with E-state index in [0.29, 0.717) is 6.54 Å². The van der Waals surface area contributed by atoms with E-state index < -0.39 is 5.54 Å². The van der Waals surface area contributed by atoms with Crippen LogP contribution in [0.25, 0.3) is 0 Å². The topological polar surface area (TPSA) is 75.4 Å². The number of carbonyl (C=O) groups excluding carboxylic acids is 1. The Morgan fingerprint density at radius 2 is 1.88 bits per heavy atom. The zero-order chi connectivity index (χ0) is 11.9. The molecule has 4 heteroatoms. The normalized spacial score (nSPS) is 19.4. The maximum atomic E-state index is 11.9. The summed E-state index contributed by atoms with van der Waals surface area (Å²) in [4.78, 5) is 11.9. The molecule has 16 heavy (non-hydrogen) atoms. The van der Waals surface area contributed by atoms with Crippen molar-refractivity contribution in [3.8, 4) is 0 Å². The Labute approximate surface area is 97.6 Å². The fourth-order valence-electron chi connectivity index (χ4n) is 2.20. The molecule has 0 saturated heterocycles. The third-order valence-corrected chi connectivity index (χ3v) is 3.32. The van der Waals surface area contributed by atoms with E-state index in [1.54, 1.807) is 0 Å². The van der Waals surface area contributed by atoms with E-state index >= 15 is 0 Å². The molecule has 0 aromatic heterocycles. The second-order valence-corrected chi connectivity index (χ2v) is 4.76. The molecule has 0 heterocycles. The van der Waals surface area contributed by atoms with Gasteiger partial charge in [0.05, 0.1) is 5.54 Å². The molecule has 0 bridgehead atoms. The van der Waals surface area contributed by atoms with Gasteiger partial charge in [-0.3, -0.25) is 4.79 Å². The van der Waals surface area contributed by atoms with Crippen molar-refractivity contribution >= 4 is 5.91 Å². The molecule has 0 aliphatic heterocycles. The standard InChI is InChI=1S/C12H24N2O2/c13-12(7-3-1-4-8-12)11(16)14-9-5-2-6-10-15/h15H,1-10,13H2,(H,14,16). The first-order chi connectivity index (χ1) is 7.69. The monoisotopic (exact) mass is 228 g/mol. The van der Waals surface area contributed by atoms with Crippen LogP contribution in [0.4, 0.5) is 0 Å². The number of rotatable bonds is 6. The minimum Gasteiger partial charge on any atom is -0.396 e. The highest BCUT2D eigenvalue weighted by molar-refractivity contribution is 5.86. The number of nitrogens with one attached hydrogen (secondary N) is 1. The van der Waals surface area contributed by atoms with E-state index in [2.05, 4.69) is 5.32 Å². The van der Waals surface area contributed by atoms with Crippen molar-refractivity contribution in [1.29, 1.82) is 0 Å². The van der Waals surface area contributed by atoms with Crippen molar-refractivity contribution in [1.82, 2.24) is 5.32 Å². The summed E-state index contributed by atoms with van der Waals surface area (Å²) in [5, 5.41) is 11.5. The highest BCUT2D eigenvalue weighted by Crippen LogP contribution is 2.25. The summed E-state index contributed by atoms with van der Waals surface area (Å²) in [5.74, 6) is 0.0104. The molecule has 0 aromatic rings. The lowest BCUT2D eigenvalue weighted by atomic mass is 9.82. The van der Waals surface area contributed by atoms with Crippen molar-refractivity contribution in [2.45, 2.75) is 56.9 Å². The highest BCUT2D eigenvalue weighted by atomic mass is 16.2. The Balaban J connectivity index is 2.18. The Hall–Kier alpha value is -0.610. The average Bonchev–Trinajstić information content (AvgIpc) is 2.29. The summed E-state index contributed by atoms with van der Waals surface area (Å²) >= 11 is 0. The lowest BCUT2D eigenvalue weighted by Gasteiger charge is -2.31. The van der Waals surface area contributed by atoms with Crippen LogP contribution in [0.2, 0.25) is 0 Å². The quantitative estimate of drug-likeness (QED) is 0.592. The molecule has 4 N–H and O–H groups in total. The van der Waals surface area contributed by atoms with Gasteiger partial charge < -0.3 is 16.2 Å². The third-order valence-electron chi connectivity index (χ3n) is 3.32. The minimum atomic E-state index is -0.616. The van der Waals surface area contributed by atoms with Gasteiger partial charge in [0, 0.05) is 13.2 Å². The van der Waals surface area contributed by atoms with Gasteiger partial charge >= 0.3 is 0 Å². The predicted octanol–water partition coefficient (Wildman–Crippen LogP) is 0.927. The van der Waals surface area contributed by atoms with E-state index in [0.717, 1.165) is 44.9 Å². The first-order valence-electron chi connectivity index (χ1n) is 6.37. The van der Waals surface area contributed by atoms with Crippen molar-refractivity contribution in [2.75, 3.05) is 13.2 Å². The van der Waals surface area contributed by atoms with Gasteiger partial charge in [0.15, 0.2) is 0 Å². The number of unbranched alkanes of at least 4 members (excludes halogenated alkanes) is 2. The van der Waals surface area contributed by atoms with Gasteiger partial charge in [-0.15, -0.1) is 0 Å². The molecule has 0 radical (unpaired) electrons. The molecular formula is C12H24N2O2. The van der Waals surface area contributed by atoms with Crippen LogP contribution < -0.4 is 11.1 Å². The SMILES string of the molecule is NC1(C(=O)NCCCCCO)CCCCC1. The molecule has 0 spiro atoms.